The van der Waals surface area contributed by atoms with E-state index in [4.69, 9.17) is 19.1 Å². The van der Waals surface area contributed by atoms with Crippen LogP contribution in [0.5, 0.6) is 0 Å². The number of nitrogens with zero attached hydrogens (tertiary/aromatic N) is 2. The zero-order valence-corrected chi connectivity index (χ0v) is 14.0. The summed E-state index contributed by atoms with van der Waals surface area (Å²) in [5.41, 5.74) is 0.869. The summed E-state index contributed by atoms with van der Waals surface area (Å²) in [6.45, 7) is 4.01. The lowest BCUT2D eigenvalue weighted by atomic mass is 10.2. The summed E-state index contributed by atoms with van der Waals surface area (Å²) in [4.78, 5) is 27.2. The molecule has 0 aromatic carbocycles. The van der Waals surface area contributed by atoms with E-state index in [1.807, 2.05) is 14.0 Å². The molecule has 2 N–H and O–H groups in total. The molecule has 0 unspecified atom stereocenters. The number of carbonyl (C=O) groups is 2. The highest BCUT2D eigenvalue weighted by Crippen LogP contribution is 2.18. The summed E-state index contributed by atoms with van der Waals surface area (Å²) >= 11 is 0. The molecule has 11 heteroatoms. The lowest BCUT2D eigenvalue weighted by Crippen LogP contribution is -2.35. The predicted molar refractivity (Wildman–Crippen MR) is 79.0 cm³/mol. The number of aromatic nitrogens is 1. The van der Waals surface area contributed by atoms with Gasteiger partial charge in [-0.3, -0.25) is 9.69 Å². The van der Waals surface area contributed by atoms with E-state index in [0.717, 1.165) is 31.0 Å². The average Bonchev–Trinajstić information content (AvgIpc) is 2.90. The highest BCUT2D eigenvalue weighted by molar-refractivity contribution is 5.89. The number of carboxylic acids is 1. The Balaban J connectivity index is 0.000000381. The number of carbonyl (C=O) groups excluding carboxylic acids is 1. The molecule has 25 heavy (non-hydrogen) atoms. The molecule has 1 aliphatic heterocycles. The monoisotopic (exact) mass is 367 g/mol. The second kappa shape index (κ2) is 8.81. The molecule has 0 spiro atoms. The smallest absolute Gasteiger partial charge is 0.475 e. The molecule has 0 bridgehead atoms. The zero-order chi connectivity index (χ0) is 19.2. The number of likely N-dealkylation sites (N-methyl/N-ethyl adjacent to an activating group) is 1. The van der Waals surface area contributed by atoms with Gasteiger partial charge in [0.15, 0.2) is 0 Å². The summed E-state index contributed by atoms with van der Waals surface area (Å²) in [6.07, 6.45) is -4.28. The number of nitrogens with one attached hydrogen (secondary N) is 1. The minimum Gasteiger partial charge on any atom is -0.475 e. The quantitative estimate of drug-likeness (QED) is 0.820. The Morgan fingerprint density at radius 3 is 2.60 bits per heavy atom. The van der Waals surface area contributed by atoms with Crippen molar-refractivity contribution < 1.29 is 37.0 Å². The maximum absolute atomic E-state index is 11.9. The molecule has 1 amide bonds. The van der Waals surface area contributed by atoms with E-state index < -0.39 is 12.1 Å². The molecule has 0 fully saturated rings. The van der Waals surface area contributed by atoms with Crippen LogP contribution in [0.4, 0.5) is 13.2 Å². The van der Waals surface area contributed by atoms with Crippen molar-refractivity contribution in [2.45, 2.75) is 32.1 Å². The Bertz CT molecular complexity index is 603. The van der Waals surface area contributed by atoms with Crippen molar-refractivity contribution in [3.05, 3.63) is 17.3 Å². The summed E-state index contributed by atoms with van der Waals surface area (Å²) in [5.74, 6) is -2.06. The maximum atomic E-state index is 11.9. The number of hydrogen-bond donors (Lipinski definition) is 2. The summed E-state index contributed by atoms with van der Waals surface area (Å²) in [7, 11) is 3.63. The maximum Gasteiger partial charge on any atom is 0.490 e. The number of fused-ring (bicyclic) bond motifs is 1. The molecule has 0 aliphatic carbocycles. The van der Waals surface area contributed by atoms with Gasteiger partial charge >= 0.3 is 18.1 Å². The van der Waals surface area contributed by atoms with E-state index in [2.05, 4.69) is 15.2 Å². The highest BCUT2D eigenvalue weighted by Gasteiger charge is 2.38. The third-order valence-electron chi connectivity index (χ3n) is 3.15. The van der Waals surface area contributed by atoms with Gasteiger partial charge in [-0.15, -0.1) is 0 Å². The van der Waals surface area contributed by atoms with Gasteiger partial charge in [0.1, 0.15) is 5.76 Å². The van der Waals surface area contributed by atoms with Crippen LogP contribution in [0.2, 0.25) is 0 Å². The SMILES string of the molecule is COC[C@H](C)NC(=O)c1nc2c(o1)CCN(C)C2.O=C(O)C(F)(F)F. The molecular formula is C14H20F3N3O5. The summed E-state index contributed by atoms with van der Waals surface area (Å²) in [5, 5.41) is 9.91. The lowest BCUT2D eigenvalue weighted by molar-refractivity contribution is -0.192. The first-order valence-corrected chi connectivity index (χ1v) is 7.31. The van der Waals surface area contributed by atoms with Crippen molar-refractivity contribution >= 4 is 11.9 Å². The average molecular weight is 367 g/mol. The number of halogens is 3. The number of aliphatic carboxylic acids is 1. The second-order valence-corrected chi connectivity index (χ2v) is 5.51. The molecule has 2 rings (SSSR count). The van der Waals surface area contributed by atoms with E-state index in [1.165, 1.54) is 0 Å². The molecular weight excluding hydrogens is 347 g/mol. The first-order valence-electron chi connectivity index (χ1n) is 7.31. The van der Waals surface area contributed by atoms with E-state index in [-0.39, 0.29) is 17.8 Å². The van der Waals surface area contributed by atoms with E-state index in [0.29, 0.717) is 6.61 Å². The number of methoxy groups -OCH3 is 1. The number of ether oxygens (including phenoxy) is 1. The van der Waals surface area contributed by atoms with Crippen LogP contribution >= 0.6 is 0 Å². The van der Waals surface area contributed by atoms with Crippen molar-refractivity contribution in [1.29, 1.82) is 0 Å². The number of amides is 1. The number of hydrogen-bond acceptors (Lipinski definition) is 6. The minimum atomic E-state index is -5.08. The molecule has 0 saturated heterocycles. The van der Waals surface area contributed by atoms with Crippen LogP contribution in [0.3, 0.4) is 0 Å². The molecule has 2 heterocycles. The van der Waals surface area contributed by atoms with Gasteiger partial charge in [0.05, 0.1) is 12.3 Å². The molecule has 1 aromatic heterocycles. The van der Waals surface area contributed by atoms with Crippen molar-refractivity contribution in [1.82, 2.24) is 15.2 Å². The number of carboxylic acid groups (broad SMARTS) is 1. The minimum absolute atomic E-state index is 0.0610. The third kappa shape index (κ3) is 6.70. The van der Waals surface area contributed by atoms with Crippen LogP contribution in [0.25, 0.3) is 0 Å². The van der Waals surface area contributed by atoms with Crippen LogP contribution in [-0.2, 0) is 22.5 Å². The van der Waals surface area contributed by atoms with Crippen LogP contribution in [0.15, 0.2) is 4.42 Å². The predicted octanol–water partition coefficient (Wildman–Crippen LogP) is 1.06. The molecule has 0 radical (unpaired) electrons. The Morgan fingerprint density at radius 2 is 2.08 bits per heavy atom. The molecule has 1 aliphatic rings. The van der Waals surface area contributed by atoms with E-state index in [9.17, 15) is 18.0 Å². The normalized spacial score (nSPS) is 15.6. The van der Waals surface area contributed by atoms with E-state index in [1.54, 1.807) is 7.11 Å². The zero-order valence-electron chi connectivity index (χ0n) is 14.0. The highest BCUT2D eigenvalue weighted by atomic mass is 19.4. The number of alkyl halides is 3. The Hall–Kier alpha value is -2.14. The van der Waals surface area contributed by atoms with Crippen molar-refractivity contribution in [3.8, 4) is 0 Å². The van der Waals surface area contributed by atoms with Gasteiger partial charge in [0.25, 0.3) is 5.89 Å². The summed E-state index contributed by atoms with van der Waals surface area (Å²) < 4.78 is 42.2. The van der Waals surface area contributed by atoms with Gasteiger partial charge in [-0.2, -0.15) is 13.2 Å². The van der Waals surface area contributed by atoms with Crippen LogP contribution in [0.1, 0.15) is 29.1 Å². The topological polar surface area (TPSA) is 105 Å². The molecule has 142 valence electrons. The first kappa shape index (κ1) is 20.9. The fourth-order valence-electron chi connectivity index (χ4n) is 2.00. The molecule has 8 nitrogen and oxygen atoms in total. The summed E-state index contributed by atoms with van der Waals surface area (Å²) in [6, 6.07) is -0.0610. The van der Waals surface area contributed by atoms with Crippen molar-refractivity contribution in [3.63, 3.8) is 0 Å². The molecule has 1 atom stereocenters. The Morgan fingerprint density at radius 1 is 1.48 bits per heavy atom. The number of oxazole rings is 1. The van der Waals surface area contributed by atoms with Gasteiger partial charge in [-0.1, -0.05) is 0 Å². The van der Waals surface area contributed by atoms with Crippen LogP contribution in [-0.4, -0.2) is 66.4 Å². The number of rotatable bonds is 4. The van der Waals surface area contributed by atoms with Gasteiger partial charge in [-0.05, 0) is 14.0 Å². The van der Waals surface area contributed by atoms with Gasteiger partial charge in [-0.25, -0.2) is 9.78 Å². The van der Waals surface area contributed by atoms with Gasteiger partial charge in [0, 0.05) is 32.7 Å². The van der Waals surface area contributed by atoms with Crippen LogP contribution in [0, 0.1) is 0 Å². The van der Waals surface area contributed by atoms with Crippen LogP contribution < -0.4 is 5.32 Å². The largest absolute Gasteiger partial charge is 0.490 e. The van der Waals surface area contributed by atoms with E-state index >= 15 is 0 Å². The standard InChI is InChI=1S/C12H19N3O3.C2HF3O2/c1-8(7-17-3)13-11(16)12-14-9-6-15(2)5-4-10(9)18-12;3-2(4,5)1(6)7/h8H,4-7H2,1-3H3,(H,13,16);(H,6,7)/t8-;/m0./s1. The van der Waals surface area contributed by atoms with Crippen molar-refractivity contribution in [2.75, 3.05) is 27.3 Å². The molecule has 1 aromatic rings. The Labute approximate surface area is 141 Å². The first-order chi connectivity index (χ1) is 11.5. The fourth-order valence-corrected chi connectivity index (χ4v) is 2.00. The fraction of sp³-hybridized carbons (Fsp3) is 0.643. The van der Waals surface area contributed by atoms with Gasteiger partial charge in [0.2, 0.25) is 0 Å². The molecule has 0 saturated carbocycles. The Kier molecular flexibility index (Phi) is 7.37. The second-order valence-electron chi connectivity index (χ2n) is 5.51. The third-order valence-corrected chi connectivity index (χ3v) is 3.15. The lowest BCUT2D eigenvalue weighted by Gasteiger charge is -2.19. The van der Waals surface area contributed by atoms with Gasteiger partial charge < -0.3 is 19.6 Å². The van der Waals surface area contributed by atoms with Crippen molar-refractivity contribution in [2.24, 2.45) is 0 Å².